The molecule has 0 aromatic heterocycles. The van der Waals surface area contributed by atoms with Gasteiger partial charge in [0.25, 0.3) is 23.6 Å². The predicted molar refractivity (Wildman–Crippen MR) is 291 cm³/mol. The van der Waals surface area contributed by atoms with E-state index in [-0.39, 0.29) is 23.7 Å². The SMILES string of the molecule is CC(C)c1cccc(C(C)C)c1N1C(=O)c2ccc3c4c(Oc5ccc(CCNC(=O)OC(C)(C)C)cc5)cc5c6c(ccc(c7c(Br)cc(c2c37)C1=O)c64)C(=O)N(c1c(C(C)C)cccc1C(C)C)C5=O. The molecule has 0 spiro atoms. The number of fused-ring (bicyclic) bond motifs is 2. The number of rotatable bonds is 11. The van der Waals surface area contributed by atoms with Crippen molar-refractivity contribution in [1.29, 1.82) is 0 Å². The van der Waals surface area contributed by atoms with Gasteiger partial charge in [-0.2, -0.15) is 0 Å². The molecule has 10 nitrogen and oxygen atoms in total. The van der Waals surface area contributed by atoms with Crippen LogP contribution in [0.15, 0.2) is 102 Å². The van der Waals surface area contributed by atoms with Crippen molar-refractivity contribution in [1.82, 2.24) is 5.32 Å². The molecule has 0 saturated carbocycles. The van der Waals surface area contributed by atoms with E-state index in [0.29, 0.717) is 94.9 Å². The number of amides is 5. The highest BCUT2D eigenvalue weighted by molar-refractivity contribution is 9.10. The van der Waals surface area contributed by atoms with Crippen LogP contribution in [0.1, 0.15) is 169 Å². The van der Waals surface area contributed by atoms with Crippen molar-refractivity contribution < 1.29 is 33.4 Å². The molecule has 8 aromatic rings. The summed E-state index contributed by atoms with van der Waals surface area (Å²) in [5.41, 5.74) is 6.63. The molecule has 2 heterocycles. The van der Waals surface area contributed by atoms with Crippen molar-refractivity contribution >= 4 is 100 Å². The number of imide groups is 2. The lowest BCUT2D eigenvalue weighted by Crippen LogP contribution is -2.42. The van der Waals surface area contributed by atoms with Crippen molar-refractivity contribution in [2.45, 2.75) is 112 Å². The average molecular weight is 1030 g/mol. The second-order valence-corrected chi connectivity index (χ2v) is 22.3. The molecule has 1 N–H and O–H groups in total. The lowest BCUT2D eigenvalue weighted by atomic mass is 9.81. The first-order valence-corrected chi connectivity index (χ1v) is 25.7. The fourth-order valence-corrected chi connectivity index (χ4v) is 11.5. The van der Waals surface area contributed by atoms with Gasteiger partial charge in [-0.05, 0) is 126 Å². The summed E-state index contributed by atoms with van der Waals surface area (Å²) in [5, 5.41) is 8.00. The zero-order valence-corrected chi connectivity index (χ0v) is 44.2. The Hall–Kier alpha value is -7.11. The molecule has 366 valence electrons. The maximum Gasteiger partial charge on any atom is 0.407 e. The number of nitrogens with one attached hydrogen (secondary N) is 1. The number of para-hydroxylation sites is 2. The minimum absolute atomic E-state index is 0.00929. The Labute approximate surface area is 428 Å². The number of ether oxygens (including phenoxy) is 2. The van der Waals surface area contributed by atoms with E-state index in [4.69, 9.17) is 9.47 Å². The quantitative estimate of drug-likeness (QED) is 0.0778. The normalized spacial score (nSPS) is 14.0. The van der Waals surface area contributed by atoms with Crippen LogP contribution in [0, 0.1) is 0 Å². The van der Waals surface area contributed by atoms with Crippen LogP contribution in [0.5, 0.6) is 11.5 Å². The molecule has 72 heavy (non-hydrogen) atoms. The molecule has 0 radical (unpaired) electrons. The molecule has 2 aliphatic rings. The first-order chi connectivity index (χ1) is 34.2. The van der Waals surface area contributed by atoms with E-state index in [2.05, 4.69) is 76.6 Å². The van der Waals surface area contributed by atoms with Gasteiger partial charge in [0, 0.05) is 54.5 Å². The van der Waals surface area contributed by atoms with Crippen LogP contribution in [0.4, 0.5) is 16.2 Å². The molecular formula is C61H58BrN3O7. The van der Waals surface area contributed by atoms with E-state index in [1.165, 1.54) is 9.80 Å². The first kappa shape index (κ1) is 48.5. The Morgan fingerprint density at radius 3 is 1.43 bits per heavy atom. The molecule has 2 aliphatic heterocycles. The lowest BCUT2D eigenvalue weighted by Gasteiger charge is -2.34. The van der Waals surface area contributed by atoms with Crippen molar-refractivity contribution in [3.63, 3.8) is 0 Å². The Morgan fingerprint density at radius 2 is 0.972 bits per heavy atom. The van der Waals surface area contributed by atoms with Gasteiger partial charge in [-0.3, -0.25) is 19.2 Å². The zero-order valence-electron chi connectivity index (χ0n) is 42.6. The summed E-state index contributed by atoms with van der Waals surface area (Å²) in [6.07, 6.45) is 0.0551. The second kappa shape index (κ2) is 17.9. The Kier molecular flexibility index (Phi) is 12.0. The fourth-order valence-electron chi connectivity index (χ4n) is 10.9. The van der Waals surface area contributed by atoms with Gasteiger partial charge in [0.05, 0.1) is 22.5 Å². The van der Waals surface area contributed by atoms with Crippen LogP contribution in [-0.4, -0.2) is 41.9 Å². The van der Waals surface area contributed by atoms with Gasteiger partial charge >= 0.3 is 6.09 Å². The Bertz CT molecular complexity index is 3570. The highest BCUT2D eigenvalue weighted by Gasteiger charge is 2.42. The smallest absolute Gasteiger partial charge is 0.407 e. The molecule has 0 bridgehead atoms. The molecule has 0 fully saturated rings. The summed E-state index contributed by atoms with van der Waals surface area (Å²) in [6, 6.07) is 30.5. The number of hydrogen-bond acceptors (Lipinski definition) is 7. The van der Waals surface area contributed by atoms with Gasteiger partial charge in [0.15, 0.2) is 0 Å². The lowest BCUT2D eigenvalue weighted by molar-refractivity contribution is 0.0527. The summed E-state index contributed by atoms with van der Waals surface area (Å²) in [6.45, 7) is 22.3. The number of halogens is 1. The highest BCUT2D eigenvalue weighted by Crippen LogP contribution is 2.53. The minimum atomic E-state index is -0.613. The third-order valence-electron chi connectivity index (χ3n) is 14.1. The van der Waals surface area contributed by atoms with Gasteiger partial charge in [-0.1, -0.05) is 132 Å². The number of benzene rings is 8. The zero-order chi connectivity index (χ0) is 51.4. The molecule has 0 atom stereocenters. The Morgan fingerprint density at radius 1 is 0.542 bits per heavy atom. The van der Waals surface area contributed by atoms with Crippen LogP contribution < -0.4 is 19.9 Å². The number of nitrogens with zero attached hydrogens (tertiary/aromatic N) is 2. The first-order valence-electron chi connectivity index (χ1n) is 24.9. The number of carbonyl (C=O) groups is 5. The van der Waals surface area contributed by atoms with Crippen LogP contribution in [0.3, 0.4) is 0 Å². The summed E-state index contributed by atoms with van der Waals surface area (Å²) in [5.74, 6) is -0.764. The maximum absolute atomic E-state index is 15.5. The number of alkyl carbamates (subject to hydrolysis) is 1. The molecule has 10 rings (SSSR count). The van der Waals surface area contributed by atoms with E-state index in [1.807, 2.05) is 99.6 Å². The largest absolute Gasteiger partial charge is 0.457 e. The number of carbonyl (C=O) groups excluding carboxylic acids is 5. The molecule has 0 unspecified atom stereocenters. The molecule has 0 saturated heterocycles. The third-order valence-corrected chi connectivity index (χ3v) is 14.7. The van der Waals surface area contributed by atoms with Gasteiger partial charge in [-0.25, -0.2) is 14.6 Å². The predicted octanol–water partition coefficient (Wildman–Crippen LogP) is 15.5. The minimum Gasteiger partial charge on any atom is -0.457 e. The van der Waals surface area contributed by atoms with Crippen LogP contribution in [-0.2, 0) is 11.2 Å². The van der Waals surface area contributed by atoms with Crippen molar-refractivity contribution in [2.75, 3.05) is 16.3 Å². The van der Waals surface area contributed by atoms with Crippen LogP contribution in [0.2, 0.25) is 0 Å². The van der Waals surface area contributed by atoms with E-state index in [1.54, 1.807) is 18.2 Å². The van der Waals surface area contributed by atoms with Gasteiger partial charge < -0.3 is 14.8 Å². The molecular weight excluding hydrogens is 967 g/mol. The van der Waals surface area contributed by atoms with E-state index < -0.39 is 35.3 Å². The standard InChI is InChI=1S/C61H58BrN3O7/c1-30(2)36-14-12-15-37(31(3)4)54(36)64-56(66)42-25-23-41-51-47(71-35-20-18-34(19-21-35)26-27-63-60(70)72-61(9,10)11)29-45-49-43(24-22-40(53(49)51)50-46(62)28-44(58(64)68)48(42)52(41)50)57(67)65(59(45)69)55-38(32(5)6)16-13-17-39(55)33(7)8/h12-25,28-33H,26-27H2,1-11H3,(H,63,70). The fraction of sp³-hybridized carbons (Fsp3) is 0.295. The summed E-state index contributed by atoms with van der Waals surface area (Å²) < 4.78 is 13.0. The molecule has 8 aromatic carbocycles. The second-order valence-electron chi connectivity index (χ2n) is 21.4. The van der Waals surface area contributed by atoms with E-state index in [9.17, 15) is 4.79 Å². The van der Waals surface area contributed by atoms with Crippen molar-refractivity contribution in [3.8, 4) is 11.5 Å². The van der Waals surface area contributed by atoms with Gasteiger partial charge in [-0.15, -0.1) is 0 Å². The van der Waals surface area contributed by atoms with Gasteiger partial charge in [0.1, 0.15) is 17.1 Å². The van der Waals surface area contributed by atoms with Crippen LogP contribution in [0.25, 0.3) is 43.1 Å². The van der Waals surface area contributed by atoms with Gasteiger partial charge in [0.2, 0.25) is 0 Å². The third kappa shape index (κ3) is 7.79. The van der Waals surface area contributed by atoms with E-state index >= 15 is 19.2 Å². The van der Waals surface area contributed by atoms with Crippen molar-refractivity contribution in [2.24, 2.45) is 0 Å². The monoisotopic (exact) mass is 1020 g/mol. The van der Waals surface area contributed by atoms with Crippen molar-refractivity contribution in [3.05, 3.63) is 152 Å². The summed E-state index contributed by atoms with van der Waals surface area (Å²) >= 11 is 3.93. The highest BCUT2D eigenvalue weighted by atomic mass is 79.9. The topological polar surface area (TPSA) is 122 Å². The number of hydrogen-bond donors (Lipinski definition) is 1. The molecule has 5 amide bonds. The number of anilines is 2. The average Bonchev–Trinajstić information content (AvgIpc) is 3.32. The Balaban J connectivity index is 1.20. The maximum atomic E-state index is 15.5. The summed E-state index contributed by atoms with van der Waals surface area (Å²) in [4.78, 5) is 76.2. The molecule has 0 aliphatic carbocycles. The van der Waals surface area contributed by atoms with E-state index in [0.717, 1.165) is 38.6 Å². The molecule has 11 heteroatoms. The van der Waals surface area contributed by atoms with Crippen LogP contribution >= 0.6 is 15.9 Å². The summed E-state index contributed by atoms with van der Waals surface area (Å²) in [7, 11) is 0.